The highest BCUT2D eigenvalue weighted by molar-refractivity contribution is 7.85. The van der Waals surface area contributed by atoms with Crippen LogP contribution in [0.25, 0.3) is 0 Å². The molecule has 1 aromatic carbocycles. The smallest absolute Gasteiger partial charge is 0.238 e. The Balaban J connectivity index is 1.85. The van der Waals surface area contributed by atoms with E-state index < -0.39 is 28.6 Å². The van der Waals surface area contributed by atoms with Crippen molar-refractivity contribution in [1.82, 2.24) is 10.2 Å². The minimum atomic E-state index is -0.918. The summed E-state index contributed by atoms with van der Waals surface area (Å²) in [6, 6.07) is 3.69. The van der Waals surface area contributed by atoms with E-state index >= 15 is 0 Å². The Hall–Kier alpha value is -1.34. The topological polar surface area (TPSA) is 49.4 Å². The molecule has 1 N–H and O–H groups in total. The van der Waals surface area contributed by atoms with E-state index in [1.54, 1.807) is 4.90 Å². The molecule has 2 fully saturated rings. The summed E-state index contributed by atoms with van der Waals surface area (Å²) in [6.45, 7) is 0.184. The molecule has 1 atom stereocenters. The number of nitrogens with zero attached hydrogens (tertiary/aromatic N) is 1. The maximum atomic E-state index is 13.4. The van der Waals surface area contributed by atoms with E-state index in [0.29, 0.717) is 29.9 Å². The molecule has 1 unspecified atom stereocenters. The molecule has 1 aromatic rings. The van der Waals surface area contributed by atoms with Gasteiger partial charge in [-0.05, 0) is 30.5 Å². The summed E-state index contributed by atoms with van der Waals surface area (Å²) in [5.74, 6) is -0.707. The van der Waals surface area contributed by atoms with Gasteiger partial charge in [0.1, 0.15) is 6.17 Å². The molecule has 0 spiro atoms. The summed E-state index contributed by atoms with van der Waals surface area (Å²) >= 11 is 0. The number of amides is 1. The van der Waals surface area contributed by atoms with E-state index in [-0.39, 0.29) is 18.5 Å². The van der Waals surface area contributed by atoms with Gasteiger partial charge < -0.3 is 4.90 Å². The van der Waals surface area contributed by atoms with Gasteiger partial charge in [0.15, 0.2) is 11.6 Å². The predicted octanol–water partition coefficient (Wildman–Crippen LogP) is 1.31. The highest BCUT2D eigenvalue weighted by atomic mass is 32.2. The van der Waals surface area contributed by atoms with E-state index in [4.69, 9.17) is 0 Å². The van der Waals surface area contributed by atoms with Crippen LogP contribution in [0.4, 0.5) is 8.78 Å². The lowest BCUT2D eigenvalue weighted by Crippen LogP contribution is -2.43. The fourth-order valence-corrected chi connectivity index (χ4v) is 4.23. The zero-order valence-corrected chi connectivity index (χ0v) is 12.2. The third-order valence-corrected chi connectivity index (χ3v) is 5.41. The van der Waals surface area contributed by atoms with Crippen molar-refractivity contribution in [3.05, 3.63) is 35.4 Å². The van der Waals surface area contributed by atoms with E-state index in [0.717, 1.165) is 12.1 Å². The van der Waals surface area contributed by atoms with E-state index in [1.165, 1.54) is 6.07 Å². The second-order valence-electron chi connectivity index (χ2n) is 5.34. The first-order chi connectivity index (χ1) is 10.1. The first kappa shape index (κ1) is 14.6. The monoisotopic (exact) mass is 314 g/mol. The van der Waals surface area contributed by atoms with Crippen molar-refractivity contribution in [3.63, 3.8) is 0 Å². The van der Waals surface area contributed by atoms with Gasteiger partial charge in [-0.3, -0.25) is 14.3 Å². The van der Waals surface area contributed by atoms with Crippen LogP contribution in [-0.2, 0) is 15.6 Å². The van der Waals surface area contributed by atoms with Crippen molar-refractivity contribution >= 4 is 16.7 Å². The van der Waals surface area contributed by atoms with Crippen LogP contribution in [-0.4, -0.2) is 39.1 Å². The molecule has 114 valence electrons. The number of nitrogens with one attached hydrogen (secondary N) is 1. The Kier molecular flexibility index (Phi) is 4.03. The fourth-order valence-electron chi connectivity index (χ4n) is 2.95. The van der Waals surface area contributed by atoms with Crippen molar-refractivity contribution in [2.24, 2.45) is 0 Å². The predicted molar refractivity (Wildman–Crippen MR) is 74.8 cm³/mol. The van der Waals surface area contributed by atoms with Gasteiger partial charge in [0.05, 0.1) is 6.54 Å². The van der Waals surface area contributed by atoms with Gasteiger partial charge in [0, 0.05) is 28.3 Å². The number of benzene rings is 1. The molecular weight excluding hydrogens is 298 g/mol. The number of rotatable bonds is 2. The maximum Gasteiger partial charge on any atom is 0.238 e. The second kappa shape index (κ2) is 5.81. The Morgan fingerprint density at radius 1 is 1.19 bits per heavy atom. The average Bonchev–Trinajstić information content (AvgIpc) is 2.85. The molecule has 0 bridgehead atoms. The number of hydrogen-bond donors (Lipinski definition) is 1. The van der Waals surface area contributed by atoms with Gasteiger partial charge in [0.25, 0.3) is 0 Å². The van der Waals surface area contributed by atoms with Gasteiger partial charge in [-0.2, -0.15) is 0 Å². The molecule has 0 aliphatic carbocycles. The number of halogens is 2. The molecule has 1 amide bonds. The Morgan fingerprint density at radius 3 is 2.57 bits per heavy atom. The molecule has 4 nitrogen and oxygen atoms in total. The molecule has 0 saturated carbocycles. The van der Waals surface area contributed by atoms with E-state index in [1.807, 2.05) is 0 Å². The first-order valence-electron chi connectivity index (χ1n) is 6.91. The third-order valence-electron chi connectivity index (χ3n) is 4.02. The lowest BCUT2D eigenvalue weighted by atomic mass is 10.1. The zero-order chi connectivity index (χ0) is 15.0. The van der Waals surface area contributed by atoms with Gasteiger partial charge >= 0.3 is 0 Å². The highest BCUT2D eigenvalue weighted by Gasteiger charge is 2.38. The SMILES string of the molecule is O=C1CNC(c2ccc(F)c(F)c2)N1C1CCS(=O)CC1. The first-order valence-corrected chi connectivity index (χ1v) is 8.39. The molecular formula is C14H16F2N2O2S. The van der Waals surface area contributed by atoms with Crippen molar-refractivity contribution in [3.8, 4) is 0 Å². The maximum absolute atomic E-state index is 13.4. The molecule has 2 heterocycles. The van der Waals surface area contributed by atoms with Gasteiger partial charge in [-0.1, -0.05) is 6.07 Å². The fraction of sp³-hybridized carbons (Fsp3) is 0.500. The highest BCUT2D eigenvalue weighted by Crippen LogP contribution is 2.29. The van der Waals surface area contributed by atoms with Crippen LogP contribution >= 0.6 is 0 Å². The summed E-state index contributed by atoms with van der Waals surface area (Å²) < 4.78 is 37.9. The molecule has 7 heteroatoms. The van der Waals surface area contributed by atoms with Crippen LogP contribution < -0.4 is 5.32 Å². The molecule has 21 heavy (non-hydrogen) atoms. The van der Waals surface area contributed by atoms with Crippen LogP contribution in [0.1, 0.15) is 24.6 Å². The van der Waals surface area contributed by atoms with Crippen molar-refractivity contribution < 1.29 is 17.8 Å². The summed E-state index contributed by atoms with van der Waals surface area (Å²) in [6.07, 6.45) is 0.921. The Morgan fingerprint density at radius 2 is 1.90 bits per heavy atom. The van der Waals surface area contributed by atoms with Crippen molar-refractivity contribution in [1.29, 1.82) is 0 Å². The molecule has 2 saturated heterocycles. The summed E-state index contributed by atoms with van der Waals surface area (Å²) in [4.78, 5) is 13.8. The normalized spacial score (nSPS) is 29.9. The quantitative estimate of drug-likeness (QED) is 0.895. The lowest BCUT2D eigenvalue weighted by Gasteiger charge is -2.35. The van der Waals surface area contributed by atoms with Gasteiger partial charge in [-0.15, -0.1) is 0 Å². The largest absolute Gasteiger partial charge is 0.319 e. The van der Waals surface area contributed by atoms with Crippen LogP contribution in [0.2, 0.25) is 0 Å². The Bertz CT molecular complexity index is 586. The Labute approximate surface area is 124 Å². The molecule has 0 radical (unpaired) electrons. The van der Waals surface area contributed by atoms with Gasteiger partial charge in [-0.25, -0.2) is 8.78 Å². The van der Waals surface area contributed by atoms with Gasteiger partial charge in [0.2, 0.25) is 5.91 Å². The number of carbonyl (C=O) groups excluding carboxylic acids is 1. The summed E-state index contributed by atoms with van der Waals surface area (Å²) in [5.41, 5.74) is 0.534. The number of carbonyl (C=O) groups is 1. The minimum absolute atomic E-state index is 0.00307. The standard InChI is InChI=1S/C14H16F2N2O2S/c15-11-2-1-9(7-12(11)16)14-17-8-13(19)18(14)10-3-5-21(20)6-4-10/h1-2,7,10,14,17H,3-6,8H2. The molecule has 3 rings (SSSR count). The van der Waals surface area contributed by atoms with Crippen LogP contribution in [0.3, 0.4) is 0 Å². The van der Waals surface area contributed by atoms with Crippen LogP contribution in [0, 0.1) is 11.6 Å². The lowest BCUT2D eigenvalue weighted by molar-refractivity contribution is -0.130. The number of hydrogen-bond acceptors (Lipinski definition) is 3. The molecule has 2 aliphatic rings. The summed E-state index contributed by atoms with van der Waals surface area (Å²) in [5, 5.41) is 3.04. The second-order valence-corrected chi connectivity index (χ2v) is 7.03. The average molecular weight is 314 g/mol. The minimum Gasteiger partial charge on any atom is -0.319 e. The van der Waals surface area contributed by atoms with E-state index in [9.17, 15) is 17.8 Å². The van der Waals surface area contributed by atoms with Crippen molar-refractivity contribution in [2.45, 2.75) is 25.0 Å². The third kappa shape index (κ3) is 2.85. The van der Waals surface area contributed by atoms with Crippen LogP contribution in [0.5, 0.6) is 0 Å². The van der Waals surface area contributed by atoms with Crippen molar-refractivity contribution in [2.75, 3.05) is 18.1 Å². The zero-order valence-electron chi connectivity index (χ0n) is 11.4. The molecule has 2 aliphatic heterocycles. The van der Waals surface area contributed by atoms with E-state index in [2.05, 4.69) is 5.32 Å². The summed E-state index contributed by atoms with van der Waals surface area (Å²) in [7, 11) is -0.803. The van der Waals surface area contributed by atoms with Crippen LogP contribution in [0.15, 0.2) is 18.2 Å². The molecule has 0 aromatic heterocycles.